The highest BCUT2D eigenvalue weighted by atomic mass is 35.5. The van der Waals surface area contributed by atoms with Crippen molar-refractivity contribution in [3.8, 4) is 0 Å². The molecule has 1 nitrogen and oxygen atoms in total. The summed E-state index contributed by atoms with van der Waals surface area (Å²) in [5, 5.41) is 3.69. The topological polar surface area (TPSA) is 12.0 Å². The van der Waals surface area contributed by atoms with E-state index < -0.39 is 0 Å². The van der Waals surface area contributed by atoms with E-state index in [0.29, 0.717) is 12.1 Å². The maximum absolute atomic E-state index is 5.93. The summed E-state index contributed by atoms with van der Waals surface area (Å²) in [5.74, 6) is 2.60. The first-order chi connectivity index (χ1) is 7.25. The molecule has 2 rings (SSSR count). The smallest absolute Gasteiger partial charge is 0.0931 e. The molecule has 1 aliphatic heterocycles. The highest BCUT2D eigenvalue weighted by Crippen LogP contribution is 2.28. The third kappa shape index (κ3) is 3.38. The Hall–Kier alpha value is 0.300. The van der Waals surface area contributed by atoms with E-state index in [1.807, 2.05) is 6.07 Å². The molecular weight excluding hydrogens is 246 g/mol. The Morgan fingerprint density at radius 3 is 2.73 bits per heavy atom. The van der Waals surface area contributed by atoms with Crippen molar-refractivity contribution >= 4 is 34.7 Å². The first-order valence-electron chi connectivity index (χ1n) is 5.35. The van der Waals surface area contributed by atoms with Gasteiger partial charge >= 0.3 is 0 Å². The standard InChI is InChI=1S/C11H16ClNS2/c1-8(10-2-3-11(12)15-10)13-9-4-6-14-7-5-9/h2-3,8-9,13H,4-7H2,1H3. The van der Waals surface area contributed by atoms with Crippen molar-refractivity contribution in [2.45, 2.75) is 31.8 Å². The van der Waals surface area contributed by atoms with Crippen LogP contribution in [-0.4, -0.2) is 17.5 Å². The molecule has 1 aliphatic rings. The lowest BCUT2D eigenvalue weighted by atomic mass is 10.1. The van der Waals surface area contributed by atoms with E-state index in [9.17, 15) is 0 Å². The molecule has 15 heavy (non-hydrogen) atoms. The van der Waals surface area contributed by atoms with Crippen LogP contribution in [0.2, 0.25) is 4.34 Å². The molecule has 1 unspecified atom stereocenters. The number of thioether (sulfide) groups is 1. The molecule has 1 N–H and O–H groups in total. The first-order valence-corrected chi connectivity index (χ1v) is 7.69. The summed E-state index contributed by atoms with van der Waals surface area (Å²) >= 11 is 9.68. The average Bonchev–Trinajstić information content (AvgIpc) is 2.66. The molecule has 0 aliphatic carbocycles. The maximum Gasteiger partial charge on any atom is 0.0931 e. The molecule has 0 aromatic carbocycles. The van der Waals surface area contributed by atoms with Crippen LogP contribution in [0.4, 0.5) is 0 Å². The molecule has 1 atom stereocenters. The fraction of sp³-hybridized carbons (Fsp3) is 0.636. The maximum atomic E-state index is 5.93. The van der Waals surface area contributed by atoms with Crippen molar-refractivity contribution in [3.63, 3.8) is 0 Å². The Balaban J connectivity index is 1.88. The number of rotatable bonds is 3. The van der Waals surface area contributed by atoms with Crippen LogP contribution in [0.3, 0.4) is 0 Å². The molecule has 1 saturated heterocycles. The SMILES string of the molecule is CC(NC1CCSCC1)c1ccc(Cl)s1. The van der Waals surface area contributed by atoms with Crippen LogP contribution in [0.1, 0.15) is 30.7 Å². The van der Waals surface area contributed by atoms with E-state index in [1.165, 1.54) is 29.2 Å². The van der Waals surface area contributed by atoms with Gasteiger partial charge in [0.25, 0.3) is 0 Å². The van der Waals surface area contributed by atoms with Crippen molar-refractivity contribution in [2.75, 3.05) is 11.5 Å². The molecule has 0 amide bonds. The Morgan fingerprint density at radius 1 is 1.40 bits per heavy atom. The van der Waals surface area contributed by atoms with E-state index in [1.54, 1.807) is 11.3 Å². The molecule has 0 saturated carbocycles. The van der Waals surface area contributed by atoms with Gasteiger partial charge in [-0.15, -0.1) is 11.3 Å². The van der Waals surface area contributed by atoms with Gasteiger partial charge in [-0.2, -0.15) is 11.8 Å². The van der Waals surface area contributed by atoms with Crippen molar-refractivity contribution in [2.24, 2.45) is 0 Å². The second-order valence-electron chi connectivity index (χ2n) is 3.92. The van der Waals surface area contributed by atoms with Gasteiger partial charge in [0.05, 0.1) is 4.34 Å². The van der Waals surface area contributed by atoms with Crippen LogP contribution in [0.25, 0.3) is 0 Å². The van der Waals surface area contributed by atoms with E-state index in [0.717, 1.165) is 4.34 Å². The van der Waals surface area contributed by atoms with Gasteiger partial charge in [-0.05, 0) is 43.4 Å². The number of halogens is 1. The van der Waals surface area contributed by atoms with Gasteiger partial charge in [-0.1, -0.05) is 11.6 Å². The zero-order valence-corrected chi connectivity index (χ0v) is 11.2. The van der Waals surface area contributed by atoms with Crippen molar-refractivity contribution in [3.05, 3.63) is 21.3 Å². The highest BCUT2D eigenvalue weighted by Gasteiger charge is 2.17. The van der Waals surface area contributed by atoms with E-state index in [2.05, 4.69) is 30.1 Å². The van der Waals surface area contributed by atoms with E-state index in [-0.39, 0.29) is 0 Å². The van der Waals surface area contributed by atoms with Gasteiger partial charge in [-0.3, -0.25) is 0 Å². The molecule has 0 spiro atoms. The Bertz CT molecular complexity index is 307. The van der Waals surface area contributed by atoms with Crippen molar-refractivity contribution < 1.29 is 0 Å². The number of thiophene rings is 1. The Labute approximate surface area is 105 Å². The number of hydrogen-bond acceptors (Lipinski definition) is 3. The predicted molar refractivity (Wildman–Crippen MR) is 71.2 cm³/mol. The van der Waals surface area contributed by atoms with Crippen LogP contribution in [0.5, 0.6) is 0 Å². The normalized spacial score (nSPS) is 20.4. The largest absolute Gasteiger partial charge is 0.307 e. The minimum Gasteiger partial charge on any atom is -0.307 e. The second-order valence-corrected chi connectivity index (χ2v) is 6.89. The molecule has 4 heteroatoms. The molecule has 2 heterocycles. The Morgan fingerprint density at radius 2 is 2.13 bits per heavy atom. The summed E-state index contributed by atoms with van der Waals surface area (Å²) in [6, 6.07) is 5.25. The quantitative estimate of drug-likeness (QED) is 0.884. The highest BCUT2D eigenvalue weighted by molar-refractivity contribution is 7.99. The zero-order valence-electron chi connectivity index (χ0n) is 8.83. The monoisotopic (exact) mass is 261 g/mol. The molecule has 84 valence electrons. The summed E-state index contributed by atoms with van der Waals surface area (Å²) in [5.41, 5.74) is 0. The van der Waals surface area contributed by atoms with Crippen molar-refractivity contribution in [1.29, 1.82) is 0 Å². The molecule has 1 aromatic rings. The Kier molecular flexibility index (Phi) is 4.38. The van der Waals surface area contributed by atoms with Crippen LogP contribution in [0.15, 0.2) is 12.1 Å². The summed E-state index contributed by atoms with van der Waals surface area (Å²) < 4.78 is 0.887. The minimum absolute atomic E-state index is 0.440. The van der Waals surface area contributed by atoms with Crippen LogP contribution in [-0.2, 0) is 0 Å². The lowest BCUT2D eigenvalue weighted by molar-refractivity contribution is 0.434. The number of hydrogen-bond donors (Lipinski definition) is 1. The fourth-order valence-electron chi connectivity index (χ4n) is 1.86. The summed E-state index contributed by atoms with van der Waals surface area (Å²) in [7, 11) is 0. The molecule has 0 radical (unpaired) electrons. The molecular formula is C11H16ClNS2. The van der Waals surface area contributed by atoms with Gasteiger partial charge in [0.1, 0.15) is 0 Å². The molecule has 1 aromatic heterocycles. The third-order valence-corrected chi connectivity index (χ3v) is 5.19. The predicted octanol–water partition coefficient (Wildman–Crippen LogP) is 3.95. The van der Waals surface area contributed by atoms with Crippen LogP contribution in [0, 0.1) is 0 Å². The van der Waals surface area contributed by atoms with Gasteiger partial charge in [0, 0.05) is 17.0 Å². The summed E-state index contributed by atoms with van der Waals surface area (Å²) in [4.78, 5) is 1.35. The van der Waals surface area contributed by atoms with E-state index in [4.69, 9.17) is 11.6 Å². The lowest BCUT2D eigenvalue weighted by Gasteiger charge is -2.25. The molecule has 0 bridgehead atoms. The van der Waals surface area contributed by atoms with Gasteiger partial charge in [-0.25, -0.2) is 0 Å². The number of nitrogens with one attached hydrogen (secondary N) is 1. The summed E-state index contributed by atoms with van der Waals surface area (Å²) in [6.45, 7) is 2.23. The first kappa shape index (κ1) is 11.8. The van der Waals surface area contributed by atoms with Crippen molar-refractivity contribution in [1.82, 2.24) is 5.32 Å². The minimum atomic E-state index is 0.440. The van der Waals surface area contributed by atoms with Gasteiger partial charge in [0.15, 0.2) is 0 Å². The van der Waals surface area contributed by atoms with Crippen LogP contribution >= 0.6 is 34.7 Å². The second kappa shape index (κ2) is 5.58. The van der Waals surface area contributed by atoms with Crippen LogP contribution < -0.4 is 5.32 Å². The molecule has 1 fully saturated rings. The van der Waals surface area contributed by atoms with E-state index >= 15 is 0 Å². The fourth-order valence-corrected chi connectivity index (χ4v) is 4.04. The average molecular weight is 262 g/mol. The van der Waals surface area contributed by atoms with Gasteiger partial charge in [0.2, 0.25) is 0 Å². The van der Waals surface area contributed by atoms with Gasteiger partial charge < -0.3 is 5.32 Å². The zero-order chi connectivity index (χ0) is 10.7. The summed E-state index contributed by atoms with van der Waals surface area (Å²) in [6.07, 6.45) is 2.60. The third-order valence-electron chi connectivity index (χ3n) is 2.73. The lowest BCUT2D eigenvalue weighted by Crippen LogP contribution is -2.34.